The van der Waals surface area contributed by atoms with E-state index in [2.05, 4.69) is 54.3 Å². The number of rotatable bonds is 3. The number of hydrogen-bond acceptors (Lipinski definition) is 2. The van der Waals surface area contributed by atoms with Crippen LogP contribution in [0.15, 0.2) is 23.2 Å². The van der Waals surface area contributed by atoms with Gasteiger partial charge in [-0.05, 0) is 43.9 Å². The number of hydrogen-bond donors (Lipinski definition) is 2. The van der Waals surface area contributed by atoms with Crippen LogP contribution in [0.25, 0.3) is 0 Å². The van der Waals surface area contributed by atoms with E-state index < -0.39 is 0 Å². The van der Waals surface area contributed by atoms with Crippen molar-refractivity contribution < 1.29 is 0 Å². The van der Waals surface area contributed by atoms with Crippen molar-refractivity contribution in [1.29, 1.82) is 0 Å². The minimum absolute atomic E-state index is 0.320. The normalized spacial score (nSPS) is 15.6. The average Bonchev–Trinajstić information content (AvgIpc) is 2.36. The second-order valence-corrected chi connectivity index (χ2v) is 5.49. The number of aliphatic imine (C=N–C) groups is 1. The number of aryl methyl sites for hydroxylation is 1. The molecule has 0 unspecified atom stereocenters. The van der Waals surface area contributed by atoms with E-state index in [-0.39, 0.29) is 0 Å². The van der Waals surface area contributed by atoms with Crippen molar-refractivity contribution in [3.8, 4) is 0 Å². The molecule has 19 heavy (non-hydrogen) atoms. The summed E-state index contributed by atoms with van der Waals surface area (Å²) in [5.41, 5.74) is 9.82. The van der Waals surface area contributed by atoms with E-state index >= 15 is 0 Å². The van der Waals surface area contributed by atoms with Gasteiger partial charge in [0.05, 0.1) is 6.54 Å². The second-order valence-electron chi connectivity index (χ2n) is 5.49. The molecule has 4 heteroatoms. The lowest BCUT2D eigenvalue weighted by molar-refractivity contribution is 0.723. The zero-order valence-corrected chi connectivity index (χ0v) is 12.1. The minimum Gasteiger partial charge on any atom is -0.374 e. The fourth-order valence-electron chi connectivity index (χ4n) is 2.45. The summed E-state index contributed by atoms with van der Waals surface area (Å²) in [4.78, 5) is 6.69. The number of anilines is 1. The Morgan fingerprint density at radius 1 is 1.47 bits per heavy atom. The number of guanidine groups is 1. The number of nitrogens with one attached hydrogen (secondary N) is 1. The molecule has 0 fully saturated rings. The van der Waals surface area contributed by atoms with Gasteiger partial charge in [-0.3, -0.25) is 0 Å². The van der Waals surface area contributed by atoms with Crippen molar-refractivity contribution in [1.82, 2.24) is 5.32 Å². The first-order valence-corrected chi connectivity index (χ1v) is 6.95. The topological polar surface area (TPSA) is 53.6 Å². The molecule has 2 rings (SSSR count). The molecule has 0 bridgehead atoms. The van der Waals surface area contributed by atoms with Crippen molar-refractivity contribution in [2.45, 2.75) is 39.3 Å². The summed E-state index contributed by atoms with van der Waals surface area (Å²) in [6, 6.07) is 6.93. The van der Waals surface area contributed by atoms with Crippen LogP contribution in [0.3, 0.4) is 0 Å². The second kappa shape index (κ2) is 5.95. The molecule has 0 aliphatic carbocycles. The molecule has 0 saturated heterocycles. The molecule has 0 spiro atoms. The van der Waals surface area contributed by atoms with Crippen LogP contribution in [0.1, 0.15) is 31.4 Å². The number of fused-ring (bicyclic) bond motifs is 1. The third kappa shape index (κ3) is 3.63. The Hall–Kier alpha value is -1.71. The van der Waals surface area contributed by atoms with Crippen LogP contribution in [-0.4, -0.2) is 25.6 Å². The smallest absolute Gasteiger partial charge is 0.189 e. The van der Waals surface area contributed by atoms with Gasteiger partial charge in [0, 0.05) is 25.3 Å². The van der Waals surface area contributed by atoms with Gasteiger partial charge in [-0.25, -0.2) is 4.99 Å². The van der Waals surface area contributed by atoms with Crippen molar-refractivity contribution in [2.75, 3.05) is 18.5 Å². The van der Waals surface area contributed by atoms with Gasteiger partial charge in [0.2, 0.25) is 0 Å². The summed E-state index contributed by atoms with van der Waals surface area (Å²) in [5.74, 6) is 0.518. The molecule has 0 amide bonds. The van der Waals surface area contributed by atoms with Gasteiger partial charge < -0.3 is 16.0 Å². The van der Waals surface area contributed by atoms with E-state index in [0.717, 1.165) is 13.0 Å². The maximum atomic E-state index is 5.81. The predicted octanol–water partition coefficient (Wildman–Crippen LogP) is 1.88. The van der Waals surface area contributed by atoms with Gasteiger partial charge in [0.25, 0.3) is 0 Å². The molecular formula is C15H24N4. The van der Waals surface area contributed by atoms with E-state index in [9.17, 15) is 0 Å². The van der Waals surface area contributed by atoms with Crippen molar-refractivity contribution in [3.05, 3.63) is 29.3 Å². The molecule has 0 atom stereocenters. The summed E-state index contributed by atoms with van der Waals surface area (Å²) in [7, 11) is 2.15. The summed E-state index contributed by atoms with van der Waals surface area (Å²) >= 11 is 0. The first-order chi connectivity index (χ1) is 9.06. The van der Waals surface area contributed by atoms with E-state index in [1.54, 1.807) is 0 Å². The molecular weight excluding hydrogens is 236 g/mol. The molecule has 3 N–H and O–H groups in total. The van der Waals surface area contributed by atoms with Crippen LogP contribution >= 0.6 is 0 Å². The molecule has 1 heterocycles. The van der Waals surface area contributed by atoms with Gasteiger partial charge >= 0.3 is 0 Å². The molecule has 1 aromatic carbocycles. The number of nitrogens with two attached hydrogens (primary N) is 1. The highest BCUT2D eigenvalue weighted by Gasteiger charge is 2.13. The molecule has 0 saturated carbocycles. The Kier molecular flexibility index (Phi) is 4.30. The monoisotopic (exact) mass is 260 g/mol. The van der Waals surface area contributed by atoms with E-state index in [4.69, 9.17) is 5.73 Å². The largest absolute Gasteiger partial charge is 0.374 e. The van der Waals surface area contributed by atoms with Gasteiger partial charge in [0.1, 0.15) is 0 Å². The van der Waals surface area contributed by atoms with Gasteiger partial charge in [-0.1, -0.05) is 12.1 Å². The first-order valence-electron chi connectivity index (χ1n) is 6.95. The molecule has 4 nitrogen and oxygen atoms in total. The predicted molar refractivity (Wildman–Crippen MR) is 81.6 cm³/mol. The SMILES string of the molecule is CC(C)NC(N)=NCc1ccc2c(c1)CCCN2C. The Balaban J connectivity index is 2.06. The maximum Gasteiger partial charge on any atom is 0.189 e. The van der Waals surface area contributed by atoms with Crippen LogP contribution in [0.5, 0.6) is 0 Å². The molecule has 1 aromatic rings. The lowest BCUT2D eigenvalue weighted by Gasteiger charge is -2.27. The highest BCUT2D eigenvalue weighted by atomic mass is 15.1. The fourth-order valence-corrected chi connectivity index (χ4v) is 2.45. The van der Waals surface area contributed by atoms with Gasteiger partial charge in [-0.2, -0.15) is 0 Å². The Morgan fingerprint density at radius 2 is 2.26 bits per heavy atom. The summed E-state index contributed by atoms with van der Waals surface area (Å²) in [6.07, 6.45) is 2.39. The van der Waals surface area contributed by atoms with Gasteiger partial charge in [-0.15, -0.1) is 0 Å². The molecule has 1 aliphatic heterocycles. The highest BCUT2D eigenvalue weighted by molar-refractivity contribution is 5.78. The summed E-state index contributed by atoms with van der Waals surface area (Å²) < 4.78 is 0. The Morgan fingerprint density at radius 3 is 3.00 bits per heavy atom. The lowest BCUT2D eigenvalue weighted by Crippen LogP contribution is -2.36. The van der Waals surface area contributed by atoms with E-state index in [1.807, 2.05) is 0 Å². The van der Waals surface area contributed by atoms with Crippen LogP contribution in [-0.2, 0) is 13.0 Å². The van der Waals surface area contributed by atoms with Crippen molar-refractivity contribution in [3.63, 3.8) is 0 Å². The maximum absolute atomic E-state index is 5.81. The summed E-state index contributed by atoms with van der Waals surface area (Å²) in [6.45, 7) is 5.90. The number of nitrogens with zero attached hydrogens (tertiary/aromatic N) is 2. The quantitative estimate of drug-likeness (QED) is 0.644. The van der Waals surface area contributed by atoms with Crippen molar-refractivity contribution in [2.24, 2.45) is 10.7 Å². The highest BCUT2D eigenvalue weighted by Crippen LogP contribution is 2.26. The first kappa shape index (κ1) is 13.7. The fraction of sp³-hybridized carbons (Fsp3) is 0.533. The van der Waals surface area contributed by atoms with Crippen LogP contribution < -0.4 is 16.0 Å². The van der Waals surface area contributed by atoms with Crippen molar-refractivity contribution >= 4 is 11.6 Å². The molecule has 1 aliphatic rings. The van der Waals surface area contributed by atoms with Crippen LogP contribution in [0.2, 0.25) is 0 Å². The zero-order chi connectivity index (χ0) is 13.8. The standard InChI is InChI=1S/C15H24N4/c1-11(2)18-15(16)17-10-12-6-7-14-13(9-12)5-4-8-19(14)3/h6-7,9,11H,4-5,8,10H2,1-3H3,(H3,16,17,18). The average molecular weight is 260 g/mol. The zero-order valence-electron chi connectivity index (χ0n) is 12.1. The van der Waals surface area contributed by atoms with Crippen LogP contribution in [0.4, 0.5) is 5.69 Å². The van der Waals surface area contributed by atoms with Crippen LogP contribution in [0, 0.1) is 0 Å². The lowest BCUT2D eigenvalue weighted by atomic mass is 10.00. The third-order valence-electron chi connectivity index (χ3n) is 3.36. The molecule has 0 radical (unpaired) electrons. The van der Waals surface area contributed by atoms with E-state index in [1.165, 1.54) is 23.2 Å². The number of benzene rings is 1. The Labute approximate surface area is 115 Å². The minimum atomic E-state index is 0.320. The van der Waals surface area contributed by atoms with Gasteiger partial charge in [0.15, 0.2) is 5.96 Å². The molecule has 0 aromatic heterocycles. The van der Waals surface area contributed by atoms with E-state index in [0.29, 0.717) is 18.5 Å². The summed E-state index contributed by atoms with van der Waals surface area (Å²) in [5, 5.41) is 3.10. The molecule has 104 valence electrons. The Bertz CT molecular complexity index is 465. The third-order valence-corrected chi connectivity index (χ3v) is 3.36.